The van der Waals surface area contributed by atoms with Gasteiger partial charge in [-0.1, -0.05) is 29.8 Å². The molecule has 2 heterocycles. The fourth-order valence-corrected chi connectivity index (χ4v) is 3.66. The fourth-order valence-electron chi connectivity index (χ4n) is 3.43. The van der Waals surface area contributed by atoms with Crippen molar-refractivity contribution >= 4 is 28.5 Å². The number of hydrogen-bond donors (Lipinski definition) is 0. The Balaban J connectivity index is 1.91. The van der Waals surface area contributed by atoms with E-state index in [2.05, 4.69) is 4.98 Å². The monoisotopic (exact) mass is 424 g/mol. The number of benzene rings is 2. The molecule has 5 nitrogen and oxygen atoms in total. The van der Waals surface area contributed by atoms with Gasteiger partial charge in [-0.05, 0) is 42.5 Å². The van der Waals surface area contributed by atoms with E-state index in [0.717, 1.165) is 10.9 Å². The maximum absolute atomic E-state index is 14.6. The highest BCUT2D eigenvalue weighted by atomic mass is 35.5. The first-order chi connectivity index (χ1) is 14.5. The minimum atomic E-state index is -0.517. The van der Waals surface area contributed by atoms with Gasteiger partial charge in [0.15, 0.2) is 0 Å². The lowest BCUT2D eigenvalue weighted by Gasteiger charge is -2.13. The van der Waals surface area contributed by atoms with Crippen molar-refractivity contribution in [3.05, 3.63) is 82.9 Å². The summed E-state index contributed by atoms with van der Waals surface area (Å²) in [7, 11) is 2.85. The summed E-state index contributed by atoms with van der Waals surface area (Å²) in [5.41, 5.74) is 2.74. The van der Waals surface area contributed by atoms with E-state index in [0.29, 0.717) is 34.3 Å². The van der Waals surface area contributed by atoms with Crippen LogP contribution in [0.3, 0.4) is 0 Å². The Morgan fingerprint density at radius 3 is 2.63 bits per heavy atom. The van der Waals surface area contributed by atoms with Crippen molar-refractivity contribution in [1.82, 2.24) is 9.55 Å². The number of carbonyl (C=O) groups is 1. The van der Waals surface area contributed by atoms with Gasteiger partial charge in [0.05, 0.1) is 42.7 Å². The molecule has 0 atom stereocenters. The number of pyridine rings is 1. The molecule has 30 heavy (non-hydrogen) atoms. The Morgan fingerprint density at radius 2 is 1.90 bits per heavy atom. The Kier molecular flexibility index (Phi) is 5.42. The van der Waals surface area contributed by atoms with E-state index in [4.69, 9.17) is 21.1 Å². The van der Waals surface area contributed by atoms with E-state index in [1.807, 2.05) is 16.7 Å². The summed E-state index contributed by atoms with van der Waals surface area (Å²) in [4.78, 5) is 16.2. The molecule has 0 saturated carbocycles. The summed E-state index contributed by atoms with van der Waals surface area (Å²) in [6, 6.07) is 17.2. The molecule has 0 N–H and O–H groups in total. The molecule has 152 valence electrons. The van der Waals surface area contributed by atoms with E-state index in [9.17, 15) is 9.18 Å². The van der Waals surface area contributed by atoms with E-state index < -0.39 is 5.97 Å². The van der Waals surface area contributed by atoms with Crippen LogP contribution in [-0.2, 0) is 11.3 Å². The van der Waals surface area contributed by atoms with Crippen LogP contribution >= 0.6 is 11.6 Å². The molecule has 2 aromatic heterocycles. The van der Waals surface area contributed by atoms with Gasteiger partial charge in [-0.2, -0.15) is 0 Å². The number of hydrogen-bond acceptors (Lipinski definition) is 4. The maximum Gasteiger partial charge on any atom is 0.356 e. The van der Waals surface area contributed by atoms with Crippen LogP contribution in [0.25, 0.3) is 22.2 Å². The second-order valence-electron chi connectivity index (χ2n) is 6.65. The molecule has 0 saturated heterocycles. The van der Waals surface area contributed by atoms with Gasteiger partial charge in [0.25, 0.3) is 0 Å². The lowest BCUT2D eigenvalue weighted by molar-refractivity contribution is 0.0593. The number of ether oxygens (including phenoxy) is 2. The van der Waals surface area contributed by atoms with Gasteiger partial charge < -0.3 is 14.0 Å². The summed E-state index contributed by atoms with van der Waals surface area (Å²) in [5, 5.41) is 1.29. The fraction of sp³-hybridized carbons (Fsp3) is 0.130. The highest BCUT2D eigenvalue weighted by molar-refractivity contribution is 6.32. The molecule has 0 radical (unpaired) electrons. The molecule has 4 aromatic rings. The summed E-state index contributed by atoms with van der Waals surface area (Å²) >= 11 is 6.36. The molecule has 0 spiro atoms. The van der Waals surface area contributed by atoms with Crippen LogP contribution in [0.1, 0.15) is 16.2 Å². The number of carbonyl (C=O) groups excluding carboxylic acids is 1. The zero-order valence-electron chi connectivity index (χ0n) is 16.4. The topological polar surface area (TPSA) is 53.4 Å². The maximum atomic E-state index is 14.6. The molecule has 0 fully saturated rings. The molecular formula is C23H18ClFN2O3. The van der Waals surface area contributed by atoms with Crippen molar-refractivity contribution in [3.8, 4) is 17.0 Å². The van der Waals surface area contributed by atoms with Gasteiger partial charge in [-0.15, -0.1) is 0 Å². The van der Waals surface area contributed by atoms with Crippen molar-refractivity contribution < 1.29 is 18.7 Å². The largest absolute Gasteiger partial charge is 0.495 e. The molecule has 0 bridgehead atoms. The van der Waals surface area contributed by atoms with Crippen LogP contribution in [0, 0.1) is 5.82 Å². The highest BCUT2D eigenvalue weighted by Gasteiger charge is 2.17. The van der Waals surface area contributed by atoms with Crippen LogP contribution in [0.2, 0.25) is 5.02 Å². The van der Waals surface area contributed by atoms with Gasteiger partial charge in [-0.25, -0.2) is 14.2 Å². The molecule has 0 aliphatic carbocycles. The Labute approximate surface area is 177 Å². The number of halogens is 2. The predicted molar refractivity (Wildman–Crippen MR) is 114 cm³/mol. The van der Waals surface area contributed by atoms with E-state index in [1.54, 1.807) is 49.6 Å². The second-order valence-corrected chi connectivity index (χ2v) is 7.05. The summed E-state index contributed by atoms with van der Waals surface area (Å²) in [5.74, 6) is -0.320. The molecule has 2 aromatic carbocycles. The minimum Gasteiger partial charge on any atom is -0.495 e. The first-order valence-corrected chi connectivity index (χ1v) is 9.55. The van der Waals surface area contributed by atoms with Crippen LogP contribution < -0.4 is 4.74 Å². The molecular weight excluding hydrogens is 407 g/mol. The summed E-state index contributed by atoms with van der Waals surface area (Å²) in [6.07, 6.45) is 0. The van der Waals surface area contributed by atoms with Crippen molar-refractivity contribution in [3.63, 3.8) is 0 Å². The van der Waals surface area contributed by atoms with Gasteiger partial charge in [0.2, 0.25) is 0 Å². The van der Waals surface area contributed by atoms with Gasteiger partial charge in [0.1, 0.15) is 17.3 Å². The molecule has 0 amide bonds. The van der Waals surface area contributed by atoms with Crippen molar-refractivity contribution in [2.45, 2.75) is 6.54 Å². The Bertz CT molecular complexity index is 1250. The minimum absolute atomic E-state index is 0.207. The molecule has 0 aliphatic rings. The number of fused-ring (bicyclic) bond motifs is 1. The Hall–Kier alpha value is -3.38. The van der Waals surface area contributed by atoms with Crippen molar-refractivity contribution in [2.75, 3.05) is 14.2 Å². The van der Waals surface area contributed by atoms with Crippen molar-refractivity contribution in [1.29, 1.82) is 0 Å². The van der Waals surface area contributed by atoms with Gasteiger partial charge in [0, 0.05) is 10.9 Å². The quantitative estimate of drug-likeness (QED) is 0.406. The average molecular weight is 425 g/mol. The van der Waals surface area contributed by atoms with Crippen LogP contribution in [0.5, 0.6) is 5.75 Å². The van der Waals surface area contributed by atoms with Crippen LogP contribution in [-0.4, -0.2) is 29.7 Å². The smallest absolute Gasteiger partial charge is 0.356 e. The molecule has 0 aliphatic heterocycles. The van der Waals surface area contributed by atoms with E-state index >= 15 is 0 Å². The normalized spacial score (nSPS) is 10.9. The number of aromatic nitrogens is 2. The van der Waals surface area contributed by atoms with Crippen molar-refractivity contribution in [2.24, 2.45) is 0 Å². The highest BCUT2D eigenvalue weighted by Crippen LogP contribution is 2.36. The third-order valence-corrected chi connectivity index (χ3v) is 5.14. The lowest BCUT2D eigenvalue weighted by atomic mass is 10.1. The van der Waals surface area contributed by atoms with E-state index in [1.165, 1.54) is 13.2 Å². The molecule has 7 heteroatoms. The molecule has 4 rings (SSSR count). The predicted octanol–water partition coefficient (Wildman–Crippen LogP) is 5.34. The number of methoxy groups -OCH3 is 2. The first kappa shape index (κ1) is 19.9. The zero-order valence-corrected chi connectivity index (χ0v) is 17.1. The number of rotatable bonds is 5. The zero-order chi connectivity index (χ0) is 21.3. The van der Waals surface area contributed by atoms with Gasteiger partial charge >= 0.3 is 5.97 Å². The summed E-state index contributed by atoms with van der Waals surface area (Å²) < 4.78 is 26.6. The van der Waals surface area contributed by atoms with E-state index in [-0.39, 0.29) is 11.5 Å². The second kappa shape index (κ2) is 8.16. The number of nitrogens with zero attached hydrogens (tertiary/aromatic N) is 2. The van der Waals surface area contributed by atoms with Crippen LogP contribution in [0.4, 0.5) is 4.39 Å². The van der Waals surface area contributed by atoms with Gasteiger partial charge in [-0.3, -0.25) is 0 Å². The third-order valence-electron chi connectivity index (χ3n) is 4.85. The number of esters is 1. The first-order valence-electron chi connectivity index (χ1n) is 9.17. The van der Waals surface area contributed by atoms with Crippen LogP contribution in [0.15, 0.2) is 60.7 Å². The Morgan fingerprint density at radius 1 is 1.10 bits per heavy atom. The average Bonchev–Trinajstić information content (AvgIpc) is 3.10. The lowest BCUT2D eigenvalue weighted by Crippen LogP contribution is -2.09. The third kappa shape index (κ3) is 3.62. The summed E-state index contributed by atoms with van der Waals surface area (Å²) in [6.45, 7) is 0.306. The standard InChI is InChI=1S/C23H18ClFN2O3/c1-29-22-11-14-10-21(16-7-3-4-8-18(16)25)27(20(14)12-17(22)24)13-15-6-5-9-19(26-15)23(28)30-2/h3-12H,13H2,1-2H3. The SMILES string of the molecule is COC(=O)c1cccc(Cn2c(-c3ccccc3F)cc3cc(OC)c(Cl)cc32)n1. The molecule has 0 unspecified atom stereocenters.